The van der Waals surface area contributed by atoms with E-state index in [1.165, 1.54) is 28.5 Å². The summed E-state index contributed by atoms with van der Waals surface area (Å²) < 4.78 is 0. The van der Waals surface area contributed by atoms with Gasteiger partial charge in [-0.3, -0.25) is 4.79 Å². The molecule has 0 aliphatic rings. The molecule has 0 saturated carbocycles. The third kappa shape index (κ3) is 5.39. The number of hydrogen-bond donors (Lipinski definition) is 1. The van der Waals surface area contributed by atoms with E-state index in [1.807, 2.05) is 42.5 Å². The summed E-state index contributed by atoms with van der Waals surface area (Å²) in [6.07, 6.45) is -1.07. The van der Waals surface area contributed by atoms with Gasteiger partial charge in [-0.05, 0) is 68.6 Å². The minimum atomic E-state index is -1.07. The van der Waals surface area contributed by atoms with E-state index in [2.05, 4.69) is 53.7 Å². The smallest absolute Gasteiger partial charge is 0.214 e. The molecule has 0 bridgehead atoms. The van der Waals surface area contributed by atoms with Gasteiger partial charge >= 0.3 is 0 Å². The van der Waals surface area contributed by atoms with Crippen LogP contribution in [0.25, 0.3) is 10.8 Å². The zero-order valence-electron chi connectivity index (χ0n) is 19.7. The van der Waals surface area contributed by atoms with Crippen molar-refractivity contribution in [2.24, 2.45) is 0 Å². The SMILES string of the molecule is CC(C)c1cc(C(C)C)c(SC(=O)[C@@H](Cl)[C@H](O)c2ccc3ccccc3c2)c(C(C)C)c1. The number of benzene rings is 3. The highest BCUT2D eigenvalue weighted by Crippen LogP contribution is 2.40. The van der Waals surface area contributed by atoms with Crippen molar-refractivity contribution in [2.75, 3.05) is 0 Å². The molecule has 1 N–H and O–H groups in total. The van der Waals surface area contributed by atoms with Gasteiger partial charge in [0, 0.05) is 4.90 Å². The summed E-state index contributed by atoms with van der Waals surface area (Å²) in [4.78, 5) is 14.2. The second-order valence-electron chi connectivity index (χ2n) is 9.37. The van der Waals surface area contributed by atoms with Crippen LogP contribution in [0.4, 0.5) is 0 Å². The van der Waals surface area contributed by atoms with E-state index in [-0.39, 0.29) is 17.0 Å². The van der Waals surface area contributed by atoms with Crippen molar-refractivity contribution in [3.8, 4) is 0 Å². The van der Waals surface area contributed by atoms with E-state index in [9.17, 15) is 9.90 Å². The topological polar surface area (TPSA) is 37.3 Å². The van der Waals surface area contributed by atoms with Gasteiger partial charge in [0.25, 0.3) is 0 Å². The summed E-state index contributed by atoms with van der Waals surface area (Å²) in [5, 5.41) is 11.7. The third-order valence-electron chi connectivity index (χ3n) is 5.90. The first-order valence-corrected chi connectivity index (χ1v) is 12.6. The predicted octanol–water partition coefficient (Wildman–Crippen LogP) is 8.17. The van der Waals surface area contributed by atoms with E-state index in [0.29, 0.717) is 11.5 Å². The van der Waals surface area contributed by atoms with E-state index in [0.717, 1.165) is 15.7 Å². The van der Waals surface area contributed by atoms with Crippen molar-refractivity contribution < 1.29 is 9.90 Å². The lowest BCUT2D eigenvalue weighted by Crippen LogP contribution is -2.21. The van der Waals surface area contributed by atoms with Crippen molar-refractivity contribution in [3.05, 3.63) is 76.9 Å². The molecule has 0 aromatic heterocycles. The molecule has 2 atom stereocenters. The quantitative estimate of drug-likeness (QED) is 0.280. The van der Waals surface area contributed by atoms with Gasteiger partial charge in [-0.15, -0.1) is 11.6 Å². The van der Waals surface area contributed by atoms with Crippen LogP contribution in [0.1, 0.15) is 87.7 Å². The highest BCUT2D eigenvalue weighted by atomic mass is 35.5. The Hall–Kier alpha value is -1.81. The van der Waals surface area contributed by atoms with Crippen molar-refractivity contribution in [1.82, 2.24) is 0 Å². The fraction of sp³-hybridized carbons (Fsp3) is 0.393. The molecule has 3 aromatic rings. The molecule has 32 heavy (non-hydrogen) atoms. The van der Waals surface area contributed by atoms with Crippen molar-refractivity contribution in [1.29, 1.82) is 0 Å². The van der Waals surface area contributed by atoms with Crippen molar-refractivity contribution in [2.45, 2.75) is 75.7 Å². The number of fused-ring (bicyclic) bond motifs is 1. The number of carbonyl (C=O) groups is 1. The molecular weight excluding hydrogens is 436 g/mol. The standard InChI is InChI=1S/C28H33ClO2S/c1-16(2)22-14-23(17(3)4)27(24(15-22)18(5)6)32-28(31)25(29)26(30)21-12-11-19-9-7-8-10-20(19)13-21/h7-18,25-26,30H,1-6H3/t25-,26+/m0/s1. The summed E-state index contributed by atoms with van der Waals surface area (Å²) in [7, 11) is 0. The van der Waals surface area contributed by atoms with Gasteiger partial charge in [-0.2, -0.15) is 0 Å². The maximum Gasteiger partial charge on any atom is 0.214 e. The molecule has 0 amide bonds. The number of rotatable bonds is 7. The van der Waals surface area contributed by atoms with Crippen LogP contribution in [0, 0.1) is 0 Å². The first kappa shape index (κ1) is 24.8. The third-order valence-corrected chi connectivity index (χ3v) is 7.60. The number of aliphatic hydroxyl groups is 1. The number of alkyl halides is 1. The minimum absolute atomic E-state index is 0.228. The van der Waals surface area contributed by atoms with Crippen LogP contribution < -0.4 is 0 Å². The molecule has 0 unspecified atom stereocenters. The van der Waals surface area contributed by atoms with Crippen LogP contribution in [-0.2, 0) is 4.79 Å². The normalized spacial score (nSPS) is 13.8. The van der Waals surface area contributed by atoms with Gasteiger partial charge in [0.15, 0.2) is 0 Å². The Morgan fingerprint density at radius 1 is 0.781 bits per heavy atom. The molecule has 0 spiro atoms. The van der Waals surface area contributed by atoms with Crippen molar-refractivity contribution in [3.63, 3.8) is 0 Å². The second-order valence-corrected chi connectivity index (χ2v) is 10.9. The zero-order chi connectivity index (χ0) is 23.6. The molecule has 0 aliphatic heterocycles. The van der Waals surface area contributed by atoms with Crippen LogP contribution in [0.2, 0.25) is 0 Å². The number of aliphatic hydroxyl groups excluding tert-OH is 1. The summed E-state index contributed by atoms with van der Waals surface area (Å²) in [5.74, 6) is 0.969. The lowest BCUT2D eigenvalue weighted by molar-refractivity contribution is -0.112. The van der Waals surface area contributed by atoms with E-state index in [1.54, 1.807) is 0 Å². The average Bonchev–Trinajstić information content (AvgIpc) is 2.77. The maximum absolute atomic E-state index is 13.2. The van der Waals surface area contributed by atoms with Gasteiger partial charge < -0.3 is 5.11 Å². The Bertz CT molecular complexity index is 1070. The molecule has 0 fully saturated rings. The van der Waals surface area contributed by atoms with Crippen LogP contribution in [-0.4, -0.2) is 15.6 Å². The number of carbonyl (C=O) groups excluding carboxylic acids is 1. The lowest BCUT2D eigenvalue weighted by atomic mass is 9.89. The molecule has 170 valence electrons. The van der Waals surface area contributed by atoms with Gasteiger partial charge in [0.2, 0.25) is 5.12 Å². The Morgan fingerprint density at radius 2 is 1.34 bits per heavy atom. The molecule has 0 aliphatic carbocycles. The summed E-state index contributed by atoms with van der Waals surface area (Å²) in [5.41, 5.74) is 4.28. The first-order valence-electron chi connectivity index (χ1n) is 11.3. The second kappa shape index (κ2) is 10.4. The van der Waals surface area contributed by atoms with Gasteiger partial charge in [0.1, 0.15) is 11.5 Å². The number of halogens is 1. The molecular formula is C28H33ClO2S. The van der Waals surface area contributed by atoms with Crippen LogP contribution in [0.15, 0.2) is 59.5 Å². The number of hydrogen-bond acceptors (Lipinski definition) is 3. The lowest BCUT2D eigenvalue weighted by Gasteiger charge is -2.23. The average molecular weight is 469 g/mol. The first-order chi connectivity index (χ1) is 15.1. The molecule has 3 aromatic carbocycles. The Morgan fingerprint density at radius 3 is 1.88 bits per heavy atom. The van der Waals surface area contributed by atoms with Gasteiger partial charge in [0.05, 0.1) is 0 Å². The van der Waals surface area contributed by atoms with Gasteiger partial charge in [-0.25, -0.2) is 0 Å². The molecule has 0 saturated heterocycles. The minimum Gasteiger partial charge on any atom is -0.386 e. The Balaban J connectivity index is 1.92. The largest absolute Gasteiger partial charge is 0.386 e. The van der Waals surface area contributed by atoms with E-state index < -0.39 is 11.5 Å². The fourth-order valence-electron chi connectivity index (χ4n) is 3.85. The Kier molecular flexibility index (Phi) is 8.08. The molecule has 2 nitrogen and oxygen atoms in total. The number of thioether (sulfide) groups is 1. The van der Waals surface area contributed by atoms with Crippen LogP contribution >= 0.6 is 23.4 Å². The summed E-state index contributed by atoms with van der Waals surface area (Å²) in [6, 6.07) is 18.1. The highest BCUT2D eigenvalue weighted by Gasteiger charge is 2.29. The molecule has 3 rings (SSSR count). The molecule has 0 radical (unpaired) electrons. The molecule has 0 heterocycles. The van der Waals surface area contributed by atoms with E-state index >= 15 is 0 Å². The van der Waals surface area contributed by atoms with E-state index in [4.69, 9.17) is 11.6 Å². The van der Waals surface area contributed by atoms with Crippen LogP contribution in [0.5, 0.6) is 0 Å². The predicted molar refractivity (Wildman–Crippen MR) is 138 cm³/mol. The highest BCUT2D eigenvalue weighted by molar-refractivity contribution is 8.14. The summed E-state index contributed by atoms with van der Waals surface area (Å²) >= 11 is 7.72. The van der Waals surface area contributed by atoms with Gasteiger partial charge in [-0.1, -0.05) is 90.1 Å². The summed E-state index contributed by atoms with van der Waals surface area (Å²) in [6.45, 7) is 13.0. The fourth-order valence-corrected chi connectivity index (χ4v) is 5.40. The zero-order valence-corrected chi connectivity index (χ0v) is 21.3. The maximum atomic E-state index is 13.2. The van der Waals surface area contributed by atoms with Crippen LogP contribution in [0.3, 0.4) is 0 Å². The Labute approximate surface area is 201 Å². The molecule has 4 heteroatoms. The monoisotopic (exact) mass is 468 g/mol. The van der Waals surface area contributed by atoms with Crippen molar-refractivity contribution >= 4 is 39.3 Å².